The van der Waals surface area contributed by atoms with Gasteiger partial charge in [-0.05, 0) is 42.9 Å². The van der Waals surface area contributed by atoms with Crippen molar-refractivity contribution in [2.24, 2.45) is 11.7 Å². The number of halogens is 2. The van der Waals surface area contributed by atoms with E-state index in [2.05, 4.69) is 12.2 Å². The number of carbonyl (C=O) groups excluding carboxylic acids is 1. The van der Waals surface area contributed by atoms with Crippen LogP contribution in [0.2, 0.25) is 5.02 Å². The first-order chi connectivity index (χ1) is 10.1. The second kappa shape index (κ2) is 9.39. The highest BCUT2D eigenvalue weighted by atomic mass is 35.5. The average Bonchev–Trinajstić information content (AvgIpc) is 2.48. The molecule has 1 saturated carbocycles. The summed E-state index contributed by atoms with van der Waals surface area (Å²) in [6, 6.07) is 7.91. The molecule has 3 unspecified atom stereocenters. The maximum absolute atomic E-state index is 12.3. The van der Waals surface area contributed by atoms with E-state index in [-0.39, 0.29) is 30.4 Å². The first-order valence-electron chi connectivity index (χ1n) is 7.90. The Morgan fingerprint density at radius 2 is 1.95 bits per heavy atom. The monoisotopic (exact) mass is 344 g/mol. The van der Waals surface area contributed by atoms with Gasteiger partial charge >= 0.3 is 0 Å². The van der Waals surface area contributed by atoms with Crippen molar-refractivity contribution in [3.63, 3.8) is 0 Å². The fraction of sp³-hybridized carbons (Fsp3) is 0.588. The van der Waals surface area contributed by atoms with E-state index in [0.717, 1.165) is 24.8 Å². The molecule has 1 aromatic rings. The van der Waals surface area contributed by atoms with Crippen molar-refractivity contribution in [2.75, 3.05) is 0 Å². The van der Waals surface area contributed by atoms with Gasteiger partial charge < -0.3 is 11.1 Å². The summed E-state index contributed by atoms with van der Waals surface area (Å²) >= 11 is 5.91. The Balaban J connectivity index is 0.00000242. The quantitative estimate of drug-likeness (QED) is 0.839. The van der Waals surface area contributed by atoms with Crippen LogP contribution in [0.15, 0.2) is 24.3 Å². The molecule has 3 N–H and O–H groups in total. The second-order valence-corrected chi connectivity index (χ2v) is 6.43. The maximum Gasteiger partial charge on any atom is 0.220 e. The third kappa shape index (κ3) is 5.45. The highest BCUT2D eigenvalue weighted by molar-refractivity contribution is 6.30. The Morgan fingerprint density at radius 3 is 2.55 bits per heavy atom. The van der Waals surface area contributed by atoms with Gasteiger partial charge in [-0.1, -0.05) is 43.5 Å². The van der Waals surface area contributed by atoms with Crippen LogP contribution >= 0.6 is 24.0 Å². The number of hydrogen-bond acceptors (Lipinski definition) is 2. The van der Waals surface area contributed by atoms with Crippen molar-refractivity contribution in [2.45, 2.75) is 57.5 Å². The lowest BCUT2D eigenvalue weighted by molar-refractivity contribution is -0.123. The van der Waals surface area contributed by atoms with Gasteiger partial charge in [0.1, 0.15) is 0 Å². The zero-order valence-corrected chi connectivity index (χ0v) is 14.6. The Kier molecular flexibility index (Phi) is 8.23. The minimum atomic E-state index is 0. The number of amides is 1. The first kappa shape index (κ1) is 19.3. The second-order valence-electron chi connectivity index (χ2n) is 5.99. The van der Waals surface area contributed by atoms with Gasteiger partial charge in [-0.2, -0.15) is 0 Å². The van der Waals surface area contributed by atoms with Gasteiger partial charge in [0.05, 0.1) is 6.04 Å². The largest absolute Gasteiger partial charge is 0.349 e. The smallest absolute Gasteiger partial charge is 0.220 e. The summed E-state index contributed by atoms with van der Waals surface area (Å²) in [5, 5.41) is 3.85. The average molecular weight is 345 g/mol. The fourth-order valence-corrected chi connectivity index (χ4v) is 3.22. The van der Waals surface area contributed by atoms with E-state index in [9.17, 15) is 4.79 Å². The Labute approximate surface area is 144 Å². The molecule has 1 fully saturated rings. The summed E-state index contributed by atoms with van der Waals surface area (Å²) in [6.07, 6.45) is 5.93. The van der Waals surface area contributed by atoms with E-state index in [1.165, 1.54) is 12.8 Å². The normalized spacial score (nSPS) is 22.5. The summed E-state index contributed by atoms with van der Waals surface area (Å²) in [7, 11) is 0. The van der Waals surface area contributed by atoms with Crippen molar-refractivity contribution in [1.82, 2.24) is 5.32 Å². The minimum absolute atomic E-state index is 0. The van der Waals surface area contributed by atoms with Crippen molar-refractivity contribution in [1.29, 1.82) is 0 Å². The van der Waals surface area contributed by atoms with Crippen LogP contribution in [0.1, 0.15) is 57.1 Å². The van der Waals surface area contributed by atoms with Crippen molar-refractivity contribution in [3.8, 4) is 0 Å². The molecule has 3 atom stereocenters. The lowest BCUT2D eigenvalue weighted by Gasteiger charge is -2.28. The summed E-state index contributed by atoms with van der Waals surface area (Å²) in [6.45, 7) is 2.08. The Hall–Kier alpha value is -0.770. The zero-order valence-electron chi connectivity index (χ0n) is 13.1. The van der Waals surface area contributed by atoms with Crippen LogP contribution in [-0.4, -0.2) is 11.9 Å². The van der Waals surface area contributed by atoms with E-state index in [4.69, 9.17) is 17.3 Å². The molecule has 0 heterocycles. The summed E-state index contributed by atoms with van der Waals surface area (Å²) in [5.74, 6) is 0.445. The molecular formula is C17H26Cl2N2O. The van der Waals surface area contributed by atoms with E-state index < -0.39 is 0 Å². The molecule has 1 aromatic carbocycles. The maximum atomic E-state index is 12.3. The van der Waals surface area contributed by atoms with E-state index in [0.29, 0.717) is 17.4 Å². The van der Waals surface area contributed by atoms with Crippen molar-refractivity contribution in [3.05, 3.63) is 34.9 Å². The van der Waals surface area contributed by atoms with Crippen LogP contribution in [0.3, 0.4) is 0 Å². The molecule has 5 heteroatoms. The molecule has 124 valence electrons. The number of hydrogen-bond donors (Lipinski definition) is 2. The summed E-state index contributed by atoms with van der Waals surface area (Å²) in [4.78, 5) is 12.3. The predicted molar refractivity (Wildman–Crippen MR) is 94.4 cm³/mol. The molecule has 0 aromatic heterocycles. The molecule has 0 aliphatic heterocycles. The first-order valence-corrected chi connectivity index (χ1v) is 8.28. The molecule has 0 spiro atoms. The van der Waals surface area contributed by atoms with Crippen LogP contribution < -0.4 is 11.1 Å². The molecule has 1 aliphatic rings. The van der Waals surface area contributed by atoms with Gasteiger partial charge in [0.25, 0.3) is 0 Å². The van der Waals surface area contributed by atoms with Gasteiger partial charge in [-0.3, -0.25) is 4.79 Å². The number of carbonyl (C=O) groups is 1. The van der Waals surface area contributed by atoms with Crippen LogP contribution in [0, 0.1) is 5.92 Å². The Bertz CT molecular complexity index is 464. The summed E-state index contributed by atoms with van der Waals surface area (Å²) in [5.41, 5.74) is 7.22. The lowest BCUT2D eigenvalue weighted by Crippen LogP contribution is -2.38. The van der Waals surface area contributed by atoms with Gasteiger partial charge in [0.15, 0.2) is 0 Å². The van der Waals surface area contributed by atoms with Gasteiger partial charge in [0, 0.05) is 17.5 Å². The van der Waals surface area contributed by atoms with Crippen LogP contribution in [-0.2, 0) is 4.79 Å². The number of nitrogens with one attached hydrogen (secondary N) is 1. The standard InChI is InChI=1S/C17H25ClN2O.ClH/c1-2-16(12-7-9-14(18)10-8-12)20-17(21)11-13-5-3-4-6-15(13)19;/h7-10,13,15-16H,2-6,11,19H2,1H3,(H,20,21);1H. The summed E-state index contributed by atoms with van der Waals surface area (Å²) < 4.78 is 0. The Morgan fingerprint density at radius 1 is 1.32 bits per heavy atom. The molecule has 1 aliphatic carbocycles. The number of nitrogens with two attached hydrogens (primary N) is 1. The van der Waals surface area contributed by atoms with E-state index in [1.54, 1.807) is 0 Å². The van der Waals surface area contributed by atoms with Gasteiger partial charge in [-0.15, -0.1) is 12.4 Å². The molecule has 3 nitrogen and oxygen atoms in total. The molecule has 0 radical (unpaired) electrons. The molecular weight excluding hydrogens is 319 g/mol. The third-order valence-electron chi connectivity index (χ3n) is 4.43. The van der Waals surface area contributed by atoms with Crippen LogP contribution in [0.4, 0.5) is 0 Å². The number of benzene rings is 1. The molecule has 1 amide bonds. The molecule has 0 bridgehead atoms. The van der Waals surface area contributed by atoms with Crippen molar-refractivity contribution >= 4 is 29.9 Å². The minimum Gasteiger partial charge on any atom is -0.349 e. The predicted octanol–water partition coefficient (Wildman–Crippen LogP) is 4.24. The van der Waals surface area contributed by atoms with Crippen LogP contribution in [0.25, 0.3) is 0 Å². The van der Waals surface area contributed by atoms with Crippen LogP contribution in [0.5, 0.6) is 0 Å². The van der Waals surface area contributed by atoms with Gasteiger partial charge in [-0.25, -0.2) is 0 Å². The molecule has 2 rings (SSSR count). The van der Waals surface area contributed by atoms with Crippen molar-refractivity contribution < 1.29 is 4.79 Å². The van der Waals surface area contributed by atoms with Gasteiger partial charge in [0.2, 0.25) is 5.91 Å². The van der Waals surface area contributed by atoms with E-state index >= 15 is 0 Å². The lowest BCUT2D eigenvalue weighted by atomic mass is 9.83. The molecule has 22 heavy (non-hydrogen) atoms. The highest BCUT2D eigenvalue weighted by Crippen LogP contribution is 2.26. The topological polar surface area (TPSA) is 55.1 Å². The fourth-order valence-electron chi connectivity index (χ4n) is 3.10. The zero-order chi connectivity index (χ0) is 15.2. The highest BCUT2D eigenvalue weighted by Gasteiger charge is 2.25. The molecule has 0 saturated heterocycles. The number of rotatable bonds is 5. The van der Waals surface area contributed by atoms with E-state index in [1.807, 2.05) is 24.3 Å². The third-order valence-corrected chi connectivity index (χ3v) is 4.68. The SMILES string of the molecule is CCC(NC(=O)CC1CCCCC1N)c1ccc(Cl)cc1.Cl.